The van der Waals surface area contributed by atoms with Crippen LogP contribution in [-0.4, -0.2) is 60.7 Å². The summed E-state index contributed by atoms with van der Waals surface area (Å²) in [5, 5.41) is 3.02. The quantitative estimate of drug-likeness (QED) is 0.593. The van der Waals surface area contributed by atoms with Crippen molar-refractivity contribution in [1.29, 1.82) is 0 Å². The van der Waals surface area contributed by atoms with Gasteiger partial charge in [0.05, 0.1) is 6.54 Å². The molecule has 2 amide bonds. The Morgan fingerprint density at radius 2 is 1.74 bits per heavy atom. The Kier molecular flexibility index (Phi) is 6.68. The molecular weight excluding hydrogens is 483 g/mol. The third-order valence-electron chi connectivity index (χ3n) is 8.32. The zero-order chi connectivity index (χ0) is 24.8. The Labute approximate surface area is 208 Å². The molecule has 5 aliphatic rings. The fraction of sp³-hybridized carbons (Fsp3) is 0.680. The molecule has 192 valence electrons. The first-order valence-corrected chi connectivity index (χ1v) is 12.8. The van der Waals surface area contributed by atoms with Gasteiger partial charge in [-0.1, -0.05) is 11.6 Å². The topological polar surface area (TPSA) is 61.9 Å². The lowest BCUT2D eigenvalue weighted by atomic mass is 9.67. The first-order valence-electron chi connectivity index (χ1n) is 12.4. The zero-order valence-corrected chi connectivity index (χ0v) is 20.3. The van der Waals surface area contributed by atoms with Gasteiger partial charge >= 0.3 is 6.36 Å². The molecule has 4 saturated carbocycles. The van der Waals surface area contributed by atoms with Gasteiger partial charge in [-0.05, 0) is 79.0 Å². The van der Waals surface area contributed by atoms with Crippen molar-refractivity contribution in [1.82, 2.24) is 15.1 Å². The van der Waals surface area contributed by atoms with E-state index < -0.39 is 6.36 Å². The van der Waals surface area contributed by atoms with Gasteiger partial charge in [0.15, 0.2) is 0 Å². The number of piperazine rings is 1. The normalized spacial score (nSPS) is 30.1. The van der Waals surface area contributed by atoms with Crippen molar-refractivity contribution < 1.29 is 27.5 Å². The lowest BCUT2D eigenvalue weighted by molar-refractivity contribution is -0.274. The maximum Gasteiger partial charge on any atom is 0.573 e. The Hall–Kier alpha value is -2.00. The smallest absolute Gasteiger partial charge is 0.406 e. The van der Waals surface area contributed by atoms with Crippen LogP contribution < -0.4 is 10.1 Å². The van der Waals surface area contributed by atoms with E-state index in [0.29, 0.717) is 44.7 Å². The fourth-order valence-electron chi connectivity index (χ4n) is 7.20. The number of ether oxygens (including phenoxy) is 1. The number of alkyl halides is 3. The second kappa shape index (κ2) is 9.47. The van der Waals surface area contributed by atoms with Crippen LogP contribution in [0.25, 0.3) is 0 Å². The number of benzene rings is 1. The first kappa shape index (κ1) is 24.7. The van der Waals surface area contributed by atoms with Crippen LogP contribution in [0.2, 0.25) is 5.02 Å². The van der Waals surface area contributed by atoms with Gasteiger partial charge in [0.1, 0.15) is 5.75 Å². The van der Waals surface area contributed by atoms with E-state index in [2.05, 4.69) is 15.0 Å². The van der Waals surface area contributed by atoms with Crippen LogP contribution in [0.15, 0.2) is 18.2 Å². The molecule has 6 rings (SSSR count). The summed E-state index contributed by atoms with van der Waals surface area (Å²) in [6.07, 6.45) is 1.97. The maximum absolute atomic E-state index is 12.7. The Bertz CT molecular complexity index is 961. The van der Waals surface area contributed by atoms with Crippen LogP contribution in [0.5, 0.6) is 5.75 Å². The van der Waals surface area contributed by atoms with Crippen molar-refractivity contribution in [2.24, 2.45) is 23.2 Å². The number of nitrogens with one attached hydrogen (secondary N) is 1. The van der Waals surface area contributed by atoms with Crippen LogP contribution in [0.3, 0.4) is 0 Å². The SMILES string of the molecule is O=C(CC12CC3CC(C1)C(C3)C2)NCC(=O)N1CCN(Cc2cc(Cl)cc(OC(F)(F)F)c2)CC1. The number of hydrogen-bond acceptors (Lipinski definition) is 4. The van der Waals surface area contributed by atoms with E-state index in [0.717, 1.165) is 23.8 Å². The summed E-state index contributed by atoms with van der Waals surface area (Å²) in [4.78, 5) is 29.0. The highest BCUT2D eigenvalue weighted by molar-refractivity contribution is 6.30. The molecule has 0 radical (unpaired) electrons. The summed E-state index contributed by atoms with van der Waals surface area (Å²) in [5.74, 6) is 1.97. The Morgan fingerprint density at radius 3 is 2.37 bits per heavy atom. The van der Waals surface area contributed by atoms with Crippen molar-refractivity contribution in [2.45, 2.75) is 51.4 Å². The number of halogens is 4. The number of nitrogens with zero attached hydrogens (tertiary/aromatic N) is 2. The van der Waals surface area contributed by atoms with Crippen molar-refractivity contribution in [2.75, 3.05) is 32.7 Å². The molecule has 1 aromatic carbocycles. The average molecular weight is 514 g/mol. The molecule has 35 heavy (non-hydrogen) atoms. The number of amides is 2. The first-order chi connectivity index (χ1) is 16.6. The lowest BCUT2D eigenvalue weighted by Gasteiger charge is -2.38. The Morgan fingerprint density at radius 1 is 1.06 bits per heavy atom. The highest BCUT2D eigenvalue weighted by atomic mass is 35.5. The van der Waals surface area contributed by atoms with Crippen molar-refractivity contribution in [3.05, 3.63) is 28.8 Å². The summed E-state index contributed by atoms with van der Waals surface area (Å²) in [6, 6.07) is 4.07. The molecule has 1 aliphatic heterocycles. The minimum absolute atomic E-state index is 0.0115. The predicted octanol–water partition coefficient (Wildman–Crippen LogP) is 4.22. The molecule has 2 atom stereocenters. The maximum atomic E-state index is 12.7. The highest BCUT2D eigenvalue weighted by Gasteiger charge is 2.56. The van der Waals surface area contributed by atoms with Gasteiger partial charge in [0.2, 0.25) is 11.8 Å². The molecule has 4 aliphatic carbocycles. The van der Waals surface area contributed by atoms with Crippen LogP contribution in [0, 0.1) is 23.2 Å². The predicted molar refractivity (Wildman–Crippen MR) is 124 cm³/mol. The van der Waals surface area contributed by atoms with Gasteiger partial charge in [-0.15, -0.1) is 13.2 Å². The molecule has 1 N–H and O–H groups in total. The molecule has 1 aromatic rings. The molecule has 10 heteroatoms. The molecule has 6 nitrogen and oxygen atoms in total. The summed E-state index contributed by atoms with van der Waals surface area (Å²) < 4.78 is 41.6. The monoisotopic (exact) mass is 513 g/mol. The zero-order valence-electron chi connectivity index (χ0n) is 19.6. The number of hydrogen-bond donors (Lipinski definition) is 1. The van der Waals surface area contributed by atoms with Crippen LogP contribution in [0.1, 0.15) is 44.1 Å². The van der Waals surface area contributed by atoms with E-state index in [1.807, 2.05) is 0 Å². The third kappa shape index (κ3) is 5.88. The molecule has 0 spiro atoms. The largest absolute Gasteiger partial charge is 0.573 e. The summed E-state index contributed by atoms with van der Waals surface area (Å²) in [5.41, 5.74) is 0.776. The van der Waals surface area contributed by atoms with Crippen molar-refractivity contribution in [3.63, 3.8) is 0 Å². The molecule has 1 heterocycles. The van der Waals surface area contributed by atoms with Gasteiger partial charge < -0.3 is 15.0 Å². The van der Waals surface area contributed by atoms with E-state index in [-0.39, 0.29) is 34.5 Å². The van der Waals surface area contributed by atoms with Crippen molar-refractivity contribution in [3.8, 4) is 5.75 Å². The Balaban J connectivity index is 1.05. The summed E-state index contributed by atoms with van der Waals surface area (Å²) in [7, 11) is 0. The van der Waals surface area contributed by atoms with E-state index in [9.17, 15) is 22.8 Å². The minimum Gasteiger partial charge on any atom is -0.406 e. The van der Waals surface area contributed by atoms with E-state index >= 15 is 0 Å². The molecule has 1 saturated heterocycles. The minimum atomic E-state index is -4.78. The number of rotatable bonds is 7. The second-order valence-electron chi connectivity index (χ2n) is 10.9. The summed E-state index contributed by atoms with van der Waals surface area (Å²) in [6.45, 7) is 2.56. The van der Waals surface area contributed by atoms with E-state index in [4.69, 9.17) is 11.6 Å². The van der Waals surface area contributed by atoms with Gasteiger partial charge in [-0.2, -0.15) is 0 Å². The van der Waals surface area contributed by atoms with Gasteiger partial charge in [-0.25, -0.2) is 0 Å². The number of carbonyl (C=O) groups is 2. The molecule has 5 fully saturated rings. The third-order valence-corrected chi connectivity index (χ3v) is 8.54. The molecule has 4 bridgehead atoms. The number of carbonyl (C=O) groups excluding carboxylic acids is 2. The van der Waals surface area contributed by atoms with Gasteiger partial charge in [0.25, 0.3) is 0 Å². The van der Waals surface area contributed by atoms with Gasteiger partial charge in [0, 0.05) is 44.2 Å². The van der Waals surface area contributed by atoms with Crippen LogP contribution in [-0.2, 0) is 16.1 Å². The molecule has 2 unspecified atom stereocenters. The standard InChI is InChI=1S/C25H31ClF3N3O3/c26-20-7-17(8-21(9-20)35-25(27,28)29)15-31-1-3-32(4-2-31)23(34)14-30-22(33)13-24-10-16-5-18(11-24)19(6-16)12-24/h7-9,16,18-19H,1-6,10-15H2,(H,30,33). The van der Waals surface area contributed by atoms with E-state index in [1.165, 1.54) is 38.2 Å². The average Bonchev–Trinajstić information content (AvgIpc) is 3.16. The van der Waals surface area contributed by atoms with E-state index in [1.54, 1.807) is 11.0 Å². The fourth-order valence-corrected chi connectivity index (χ4v) is 7.45. The molecule has 0 aromatic heterocycles. The summed E-state index contributed by atoms with van der Waals surface area (Å²) >= 11 is 5.96. The second-order valence-corrected chi connectivity index (χ2v) is 11.4. The highest BCUT2D eigenvalue weighted by Crippen LogP contribution is 2.65. The van der Waals surface area contributed by atoms with Crippen molar-refractivity contribution >= 4 is 23.4 Å². The van der Waals surface area contributed by atoms with Crippen LogP contribution in [0.4, 0.5) is 13.2 Å². The van der Waals surface area contributed by atoms with Crippen LogP contribution >= 0.6 is 11.6 Å². The lowest BCUT2D eigenvalue weighted by Crippen LogP contribution is -2.51. The van der Waals surface area contributed by atoms with Gasteiger partial charge in [-0.3, -0.25) is 14.5 Å². The molecular formula is C25H31ClF3N3O3.